The normalized spacial score (nSPS) is 13.4. The Kier molecular flexibility index (Phi) is 9.50. The van der Waals surface area contributed by atoms with Gasteiger partial charge in [-0.05, 0) is 128 Å². The lowest BCUT2D eigenvalue weighted by Gasteiger charge is -2.41. The van der Waals surface area contributed by atoms with Crippen LogP contribution < -0.4 is 30.2 Å². The Balaban J connectivity index is 1.14. The summed E-state index contributed by atoms with van der Waals surface area (Å²) in [4.78, 5) is 4.90. The molecule has 2 aliphatic rings. The van der Waals surface area contributed by atoms with E-state index in [2.05, 4.69) is 242 Å². The molecule has 10 aromatic rings. The molecule has 0 radical (unpaired) electrons. The number of hydrogen-bond donors (Lipinski definition) is 0. The molecule has 0 saturated heterocycles. The van der Waals surface area contributed by atoms with E-state index in [4.69, 9.17) is 9.15 Å². The van der Waals surface area contributed by atoms with Gasteiger partial charge >= 0.3 is 0 Å². The fraction of sp³-hybridized carbons (Fsp3) is 0.194. The predicted octanol–water partition coefficient (Wildman–Crippen LogP) is 16.2. The van der Waals surface area contributed by atoms with Gasteiger partial charge in [0.25, 0.3) is 6.71 Å². The minimum Gasteiger partial charge on any atom is -0.457 e. The second-order valence-corrected chi connectivity index (χ2v) is 22.9. The Bertz CT molecular complexity index is 3550. The van der Waals surface area contributed by atoms with E-state index in [-0.39, 0.29) is 23.0 Å². The van der Waals surface area contributed by atoms with Crippen molar-refractivity contribution in [2.45, 2.75) is 78.6 Å². The average molecular weight is 903 g/mol. The smallest absolute Gasteiger partial charge is 0.268 e. The molecule has 12 rings (SSSR count). The minimum atomic E-state index is -0.170. The average Bonchev–Trinajstić information content (AvgIpc) is 3.89. The first-order chi connectivity index (χ1) is 32.6. The van der Waals surface area contributed by atoms with Gasteiger partial charge in [0.2, 0.25) is 0 Å². The Morgan fingerprint density at radius 1 is 0.485 bits per heavy atom. The number of fused-ring (bicyclic) bond motifs is 9. The molecule has 2 aromatic heterocycles. The Labute approximate surface area is 404 Å². The monoisotopic (exact) mass is 902 g/mol. The van der Waals surface area contributed by atoms with E-state index in [0.717, 1.165) is 72.9 Å². The van der Waals surface area contributed by atoms with Crippen molar-refractivity contribution in [1.82, 2.24) is 0 Å². The van der Waals surface area contributed by atoms with Crippen molar-refractivity contribution in [2.75, 3.05) is 9.80 Å². The summed E-state index contributed by atoms with van der Waals surface area (Å²) in [5.74, 6) is 1.87. The molecule has 68 heavy (non-hydrogen) atoms. The number of nitrogens with zero attached hydrogens (tertiary/aromatic N) is 2. The van der Waals surface area contributed by atoms with Gasteiger partial charge in [-0.15, -0.1) is 11.3 Å². The molecule has 0 unspecified atom stereocenters. The quantitative estimate of drug-likeness (QED) is 0.161. The molecule has 0 aliphatic carbocycles. The van der Waals surface area contributed by atoms with Crippen LogP contribution in [-0.2, 0) is 16.2 Å². The maximum absolute atomic E-state index is 7.34. The van der Waals surface area contributed by atoms with E-state index in [9.17, 15) is 0 Å². The van der Waals surface area contributed by atoms with Crippen LogP contribution in [0, 0.1) is 0 Å². The number of hydrogen-bond acceptors (Lipinski definition) is 5. The van der Waals surface area contributed by atoms with Gasteiger partial charge in [0.15, 0.2) is 5.58 Å². The molecule has 0 N–H and O–H groups in total. The van der Waals surface area contributed by atoms with Crippen molar-refractivity contribution < 1.29 is 9.15 Å². The van der Waals surface area contributed by atoms with Gasteiger partial charge in [-0.2, -0.15) is 0 Å². The number of furan rings is 1. The summed E-state index contributed by atoms with van der Waals surface area (Å²) in [6.45, 7) is 20.5. The first-order valence-electron chi connectivity index (χ1n) is 23.9. The number of para-hydroxylation sites is 2. The van der Waals surface area contributed by atoms with Crippen molar-refractivity contribution in [3.05, 3.63) is 187 Å². The molecule has 8 aromatic carbocycles. The highest BCUT2D eigenvalue weighted by Gasteiger charge is 2.45. The van der Waals surface area contributed by atoms with Crippen LogP contribution in [0.25, 0.3) is 43.2 Å². The Hall–Kier alpha value is -7.02. The zero-order valence-electron chi connectivity index (χ0n) is 40.4. The molecule has 2 aliphatic heterocycles. The van der Waals surface area contributed by atoms with Crippen LogP contribution in [0.3, 0.4) is 0 Å². The van der Waals surface area contributed by atoms with Crippen LogP contribution in [-0.4, -0.2) is 6.71 Å². The third-order valence-corrected chi connectivity index (χ3v) is 15.4. The lowest BCUT2D eigenvalue weighted by Crippen LogP contribution is -2.58. The first-order valence-corrected chi connectivity index (χ1v) is 24.8. The fourth-order valence-electron chi connectivity index (χ4n) is 10.4. The minimum absolute atomic E-state index is 0.0259. The first kappa shape index (κ1) is 42.3. The molecule has 0 amide bonds. The lowest BCUT2D eigenvalue weighted by molar-refractivity contribution is 0.490. The van der Waals surface area contributed by atoms with Gasteiger partial charge in [-0.25, -0.2) is 0 Å². The molecule has 0 spiro atoms. The van der Waals surface area contributed by atoms with Gasteiger partial charge in [-0.3, -0.25) is 0 Å². The molecule has 0 atom stereocenters. The number of ether oxygens (including phenoxy) is 1. The van der Waals surface area contributed by atoms with E-state index in [0.29, 0.717) is 0 Å². The summed E-state index contributed by atoms with van der Waals surface area (Å²) < 4.78 is 16.7. The van der Waals surface area contributed by atoms with Crippen LogP contribution in [0.2, 0.25) is 0 Å². The summed E-state index contributed by atoms with van der Waals surface area (Å²) in [6.07, 6.45) is 0. The second-order valence-electron chi connectivity index (χ2n) is 21.8. The summed E-state index contributed by atoms with van der Waals surface area (Å²) in [7, 11) is 0. The highest BCUT2D eigenvalue weighted by Crippen LogP contribution is 2.50. The zero-order chi connectivity index (χ0) is 46.9. The molecular formula is C62H55BN2O2S. The zero-order valence-corrected chi connectivity index (χ0v) is 41.2. The second kappa shape index (κ2) is 15.2. The standard InChI is InChI=1S/C62H55BN2O2S/c1-60(2,3)40-23-27-43(28-24-40)64(44-29-25-41(26-30-44)61(4,5)6)45-31-32-49-51(37-45)65(50-20-15-19-47-46-18-13-14-21-53(46)66-57(47)50)52-35-42(62(7,8)9)36-54-56(52)63(49)59-58(67-54)48-34-39(22-33-55(48)68-59)38-16-11-10-12-17-38/h10-37H,1-9H3. The van der Waals surface area contributed by atoms with Crippen molar-refractivity contribution in [3.63, 3.8) is 0 Å². The van der Waals surface area contributed by atoms with Crippen LogP contribution in [0.4, 0.5) is 34.1 Å². The largest absolute Gasteiger partial charge is 0.457 e. The van der Waals surface area contributed by atoms with Crippen molar-refractivity contribution in [1.29, 1.82) is 0 Å². The van der Waals surface area contributed by atoms with Gasteiger partial charge in [0.05, 0.1) is 5.69 Å². The number of rotatable bonds is 5. The van der Waals surface area contributed by atoms with Gasteiger partial charge in [0.1, 0.15) is 17.1 Å². The number of benzene rings is 8. The molecule has 4 heterocycles. The molecule has 4 nitrogen and oxygen atoms in total. The Morgan fingerprint density at radius 2 is 1.12 bits per heavy atom. The number of thiophene rings is 1. The van der Waals surface area contributed by atoms with E-state index < -0.39 is 0 Å². The summed E-state index contributed by atoms with van der Waals surface area (Å²) >= 11 is 1.86. The number of anilines is 6. The third-order valence-electron chi connectivity index (χ3n) is 14.2. The summed E-state index contributed by atoms with van der Waals surface area (Å²) in [6, 6.07) is 62.7. The molecular weight excluding hydrogens is 848 g/mol. The highest BCUT2D eigenvalue weighted by molar-refractivity contribution is 7.33. The molecule has 0 saturated carbocycles. The molecule has 6 heteroatoms. The fourth-order valence-corrected chi connectivity index (χ4v) is 11.7. The van der Waals surface area contributed by atoms with Gasteiger partial charge in [-0.1, -0.05) is 159 Å². The molecule has 0 fully saturated rings. The topological polar surface area (TPSA) is 28.9 Å². The van der Waals surface area contributed by atoms with Crippen LogP contribution in [0.5, 0.6) is 11.5 Å². The Morgan fingerprint density at radius 3 is 1.79 bits per heavy atom. The lowest BCUT2D eigenvalue weighted by atomic mass is 9.36. The van der Waals surface area contributed by atoms with Crippen LogP contribution in [0.1, 0.15) is 79.0 Å². The van der Waals surface area contributed by atoms with E-state index in [1.165, 1.54) is 48.2 Å². The summed E-state index contributed by atoms with van der Waals surface area (Å²) in [5.41, 5.74) is 16.7. The van der Waals surface area contributed by atoms with Crippen molar-refractivity contribution >= 4 is 99.9 Å². The maximum Gasteiger partial charge on any atom is 0.268 e. The predicted molar refractivity (Wildman–Crippen MR) is 291 cm³/mol. The van der Waals surface area contributed by atoms with E-state index in [1.807, 2.05) is 11.3 Å². The van der Waals surface area contributed by atoms with Crippen LogP contribution in [0.15, 0.2) is 174 Å². The molecule has 334 valence electrons. The van der Waals surface area contributed by atoms with E-state index in [1.54, 1.807) is 0 Å². The highest BCUT2D eigenvalue weighted by atomic mass is 32.1. The van der Waals surface area contributed by atoms with Crippen molar-refractivity contribution in [2.24, 2.45) is 0 Å². The third kappa shape index (κ3) is 6.86. The summed E-state index contributed by atoms with van der Waals surface area (Å²) in [5, 5.41) is 3.35. The van der Waals surface area contributed by atoms with Gasteiger partial charge in [0, 0.05) is 54.1 Å². The maximum atomic E-state index is 7.34. The van der Waals surface area contributed by atoms with Crippen LogP contribution >= 0.6 is 11.3 Å². The SMILES string of the molecule is CC(C)(C)c1ccc(N(c2ccc(C(C)(C)C)cc2)c2ccc3c(c2)N(c2cccc4c2oc2ccccc24)c2cc(C(C)(C)C)cc4c2B3c2sc3ccc(-c5ccccc5)cc3c2O4)cc1. The van der Waals surface area contributed by atoms with E-state index >= 15 is 0 Å². The van der Waals surface area contributed by atoms with Crippen molar-refractivity contribution in [3.8, 4) is 22.6 Å². The molecule has 0 bridgehead atoms. The van der Waals surface area contributed by atoms with Gasteiger partial charge < -0.3 is 19.0 Å².